The van der Waals surface area contributed by atoms with Crippen LogP contribution < -0.4 is 4.90 Å². The quantitative estimate of drug-likeness (QED) is 0.467. The van der Waals surface area contributed by atoms with Crippen LogP contribution >= 0.6 is 47.4 Å². The van der Waals surface area contributed by atoms with Gasteiger partial charge in [0, 0.05) is 38.6 Å². The van der Waals surface area contributed by atoms with Crippen LogP contribution in [-0.4, -0.2) is 62.2 Å². The maximum atomic E-state index is 5.83. The number of thiol groups is 1. The molecule has 0 amide bonds. The normalized spacial score (nSPS) is 15.4. The number of piperazine rings is 1. The minimum atomic E-state index is -1.50. The highest BCUT2D eigenvalue weighted by Gasteiger charge is 2.26. The molecule has 1 saturated heterocycles. The van der Waals surface area contributed by atoms with Crippen molar-refractivity contribution in [2.24, 2.45) is 0 Å². The number of likely N-dealkylation sites (N-methyl/N-ethyl adjacent to an activating group) is 1. The van der Waals surface area contributed by atoms with Gasteiger partial charge in [0.25, 0.3) is 0 Å². The number of anilines is 1. The van der Waals surface area contributed by atoms with Crippen LogP contribution in [0, 0.1) is 0 Å². The van der Waals surface area contributed by atoms with Crippen molar-refractivity contribution in [3.05, 3.63) is 42.4 Å². The zero-order valence-corrected chi connectivity index (χ0v) is 18.4. The van der Waals surface area contributed by atoms with E-state index in [1.807, 2.05) is 28.8 Å². The lowest BCUT2D eigenvalue weighted by Gasteiger charge is -2.34. The zero-order chi connectivity index (χ0) is 20.1. The average Bonchev–Trinajstić information content (AvgIpc) is 3.09. The Bertz CT molecular complexity index is 907. The van der Waals surface area contributed by atoms with Crippen LogP contribution in [0.2, 0.25) is 0 Å². The molecule has 11 heteroatoms. The monoisotopic (exact) mass is 459 g/mol. The summed E-state index contributed by atoms with van der Waals surface area (Å²) in [5, 5.41) is 8.25. The van der Waals surface area contributed by atoms with E-state index in [1.54, 1.807) is 12.3 Å². The molecular weight excluding hydrogens is 441 g/mol. The first-order chi connectivity index (χ1) is 13.4. The van der Waals surface area contributed by atoms with Crippen molar-refractivity contribution in [1.82, 2.24) is 29.5 Å². The smallest absolute Gasteiger partial charge is 0.232 e. The van der Waals surface area contributed by atoms with Gasteiger partial charge in [-0.2, -0.15) is 0 Å². The van der Waals surface area contributed by atoms with Crippen LogP contribution in [0.3, 0.4) is 0 Å². The molecule has 0 aromatic carbocycles. The van der Waals surface area contributed by atoms with Crippen molar-refractivity contribution in [1.29, 1.82) is 0 Å². The Morgan fingerprint density at radius 1 is 1.07 bits per heavy atom. The molecule has 0 bridgehead atoms. The number of fused-ring (bicyclic) bond motifs is 1. The number of pyridine rings is 1. The number of rotatable bonds is 2. The molecule has 3 aromatic rings. The second kappa shape index (κ2) is 9.45. The van der Waals surface area contributed by atoms with Gasteiger partial charge in [-0.25, -0.2) is 9.97 Å². The van der Waals surface area contributed by atoms with Crippen LogP contribution in [-0.2, 0) is 3.79 Å². The van der Waals surface area contributed by atoms with E-state index >= 15 is 0 Å². The summed E-state index contributed by atoms with van der Waals surface area (Å²) in [5.41, 5.74) is 1.24. The molecule has 0 radical (unpaired) electrons. The highest BCUT2D eigenvalue weighted by Crippen LogP contribution is 2.37. The Hall–Kier alpha value is -1.32. The third kappa shape index (κ3) is 5.39. The Kier molecular flexibility index (Phi) is 7.22. The molecule has 0 aliphatic carbocycles. The second-order valence-corrected chi connectivity index (χ2v) is 8.77. The molecule has 150 valence electrons. The second-order valence-electron chi connectivity index (χ2n) is 6.09. The molecule has 3 aromatic heterocycles. The first-order valence-electron chi connectivity index (χ1n) is 8.74. The number of hydrogen-bond donors (Lipinski definition) is 1. The predicted molar refractivity (Wildman–Crippen MR) is 116 cm³/mol. The molecule has 28 heavy (non-hydrogen) atoms. The highest BCUT2D eigenvalue weighted by atomic mass is 35.6. The highest BCUT2D eigenvalue weighted by molar-refractivity contribution is 7.80. The molecule has 1 aliphatic heterocycles. The van der Waals surface area contributed by atoms with Crippen molar-refractivity contribution in [3.63, 3.8) is 0 Å². The standard InChI is InChI=1S/C11H15Cl3N4.C6H5N3S/c1-2-17-5-7-18(8-6-17)10-15-4-3-9(16-10)11(12,13)14;10-6-8-7-5-3-1-2-4-9(5)6/h3-4H,2,5-8H2,1H3;1-4H,(H,8,10). The van der Waals surface area contributed by atoms with Gasteiger partial charge in [0.05, 0.1) is 5.69 Å². The first-order valence-corrected chi connectivity index (χ1v) is 10.3. The topological polar surface area (TPSA) is 62.5 Å². The van der Waals surface area contributed by atoms with Gasteiger partial charge >= 0.3 is 0 Å². The van der Waals surface area contributed by atoms with Gasteiger partial charge in [0.15, 0.2) is 10.8 Å². The van der Waals surface area contributed by atoms with E-state index < -0.39 is 3.79 Å². The third-order valence-electron chi connectivity index (χ3n) is 4.33. The minimum Gasteiger partial charge on any atom is -0.338 e. The molecule has 4 rings (SSSR count). The lowest BCUT2D eigenvalue weighted by atomic mass is 10.3. The van der Waals surface area contributed by atoms with Gasteiger partial charge in [-0.15, -0.1) is 22.8 Å². The molecule has 0 unspecified atom stereocenters. The first kappa shape index (κ1) is 21.4. The molecule has 7 nitrogen and oxygen atoms in total. The van der Waals surface area contributed by atoms with Crippen LogP contribution in [0.15, 0.2) is 41.8 Å². The summed E-state index contributed by atoms with van der Waals surface area (Å²) in [6, 6.07) is 7.33. The van der Waals surface area contributed by atoms with Crippen LogP contribution in [0.1, 0.15) is 12.6 Å². The molecule has 1 aliphatic rings. The van der Waals surface area contributed by atoms with Crippen LogP contribution in [0.25, 0.3) is 5.65 Å². The molecule has 0 atom stereocenters. The summed E-state index contributed by atoms with van der Waals surface area (Å²) in [6.07, 6.45) is 3.50. The van der Waals surface area contributed by atoms with Crippen LogP contribution in [0.5, 0.6) is 0 Å². The molecule has 0 saturated carbocycles. The largest absolute Gasteiger partial charge is 0.338 e. The van der Waals surface area contributed by atoms with Crippen molar-refractivity contribution in [2.75, 3.05) is 37.6 Å². The Morgan fingerprint density at radius 2 is 1.82 bits per heavy atom. The number of aromatic nitrogens is 5. The lowest BCUT2D eigenvalue weighted by Crippen LogP contribution is -2.46. The molecule has 4 heterocycles. The Morgan fingerprint density at radius 3 is 2.46 bits per heavy atom. The third-order valence-corrected chi connectivity index (χ3v) is 5.22. The van der Waals surface area contributed by atoms with Gasteiger partial charge in [-0.05, 0) is 24.7 Å². The molecule has 0 N–H and O–H groups in total. The SMILES string of the molecule is CCN1CCN(c2nccc(C(Cl)(Cl)Cl)n2)CC1.Sc1nnc2ccccn12. The maximum absolute atomic E-state index is 5.83. The Labute approximate surface area is 184 Å². The summed E-state index contributed by atoms with van der Waals surface area (Å²) in [4.78, 5) is 13.1. The summed E-state index contributed by atoms with van der Waals surface area (Å²) in [6.45, 7) is 7.06. The lowest BCUT2D eigenvalue weighted by molar-refractivity contribution is 0.270. The number of alkyl halides is 3. The van der Waals surface area contributed by atoms with E-state index in [2.05, 4.69) is 49.5 Å². The van der Waals surface area contributed by atoms with E-state index in [4.69, 9.17) is 34.8 Å². The van der Waals surface area contributed by atoms with E-state index in [-0.39, 0.29) is 0 Å². The fourth-order valence-corrected chi connectivity index (χ4v) is 3.28. The average molecular weight is 461 g/mol. The Balaban J connectivity index is 0.000000188. The fourth-order valence-electron chi connectivity index (χ4n) is 2.75. The van der Waals surface area contributed by atoms with Crippen molar-refractivity contribution < 1.29 is 0 Å². The van der Waals surface area contributed by atoms with Crippen molar-refractivity contribution >= 4 is 59.0 Å². The van der Waals surface area contributed by atoms with E-state index in [0.717, 1.165) is 38.4 Å². The van der Waals surface area contributed by atoms with Gasteiger partial charge in [0.2, 0.25) is 9.74 Å². The minimum absolute atomic E-state index is 0.412. The summed E-state index contributed by atoms with van der Waals surface area (Å²) >= 11 is 21.6. The number of halogens is 3. The number of nitrogens with zero attached hydrogens (tertiary/aromatic N) is 7. The van der Waals surface area contributed by atoms with E-state index in [1.165, 1.54) is 0 Å². The van der Waals surface area contributed by atoms with Gasteiger partial charge in [0.1, 0.15) is 0 Å². The van der Waals surface area contributed by atoms with Crippen molar-refractivity contribution in [2.45, 2.75) is 15.9 Å². The van der Waals surface area contributed by atoms with Crippen LogP contribution in [0.4, 0.5) is 5.95 Å². The summed E-state index contributed by atoms with van der Waals surface area (Å²) < 4.78 is 0.312. The maximum Gasteiger partial charge on any atom is 0.232 e. The van der Waals surface area contributed by atoms with Gasteiger partial charge in [-0.3, -0.25) is 4.40 Å². The van der Waals surface area contributed by atoms with Gasteiger partial charge < -0.3 is 9.80 Å². The number of hydrogen-bond acceptors (Lipinski definition) is 7. The zero-order valence-electron chi connectivity index (χ0n) is 15.2. The molecule has 0 spiro atoms. The fraction of sp³-hybridized carbons (Fsp3) is 0.412. The summed E-state index contributed by atoms with van der Waals surface area (Å²) in [5.74, 6) is 0.634. The molecule has 1 fully saturated rings. The van der Waals surface area contributed by atoms with E-state index in [9.17, 15) is 0 Å². The van der Waals surface area contributed by atoms with Crippen molar-refractivity contribution in [3.8, 4) is 0 Å². The molecular formula is C17H20Cl3N7S. The summed E-state index contributed by atoms with van der Waals surface area (Å²) in [7, 11) is 0. The van der Waals surface area contributed by atoms with Gasteiger partial charge in [-0.1, -0.05) is 47.8 Å². The predicted octanol–water partition coefficient (Wildman–Crippen LogP) is 3.46. The van der Waals surface area contributed by atoms with E-state index in [0.29, 0.717) is 16.8 Å².